The zero-order valence-corrected chi connectivity index (χ0v) is 18.2. The van der Waals surface area contributed by atoms with E-state index in [1.165, 1.54) is 4.57 Å². The van der Waals surface area contributed by atoms with Gasteiger partial charge in [0.15, 0.2) is 4.80 Å². The zero-order valence-electron chi connectivity index (χ0n) is 17.4. The number of carbonyl (C=O) groups excluding carboxylic acids is 2. The van der Waals surface area contributed by atoms with Crippen LogP contribution in [0.2, 0.25) is 0 Å². The molecule has 0 bridgehead atoms. The van der Waals surface area contributed by atoms with Gasteiger partial charge in [0.1, 0.15) is 4.53 Å². The lowest BCUT2D eigenvalue weighted by Crippen LogP contribution is -2.40. The Morgan fingerprint density at radius 3 is 2.59 bits per heavy atom. The van der Waals surface area contributed by atoms with E-state index < -0.39 is 12.0 Å². The molecule has 0 unspecified atom stereocenters. The van der Waals surface area contributed by atoms with Crippen LogP contribution in [0.4, 0.5) is 5.69 Å². The van der Waals surface area contributed by atoms with E-state index in [1.807, 2.05) is 48.5 Å². The van der Waals surface area contributed by atoms with Crippen LogP contribution >= 0.6 is 11.3 Å². The van der Waals surface area contributed by atoms with Crippen LogP contribution in [0.15, 0.2) is 75.7 Å². The van der Waals surface area contributed by atoms with Crippen molar-refractivity contribution in [3.8, 4) is 0 Å². The van der Waals surface area contributed by atoms with Crippen LogP contribution in [-0.2, 0) is 14.3 Å². The number of aromatic nitrogens is 1. The number of esters is 1. The average Bonchev–Trinajstić information content (AvgIpc) is 3.28. The fourth-order valence-corrected chi connectivity index (χ4v) is 5.28. The van der Waals surface area contributed by atoms with E-state index in [0.717, 1.165) is 16.9 Å². The van der Waals surface area contributed by atoms with Gasteiger partial charge >= 0.3 is 5.97 Å². The van der Waals surface area contributed by atoms with Crippen molar-refractivity contribution in [2.75, 3.05) is 11.9 Å². The van der Waals surface area contributed by atoms with Gasteiger partial charge in [0.05, 0.1) is 29.5 Å². The summed E-state index contributed by atoms with van der Waals surface area (Å²) in [7, 11) is 0. The Labute approximate surface area is 187 Å². The molecule has 7 nitrogen and oxygen atoms in total. The molecule has 0 spiro atoms. The second-order valence-electron chi connectivity index (χ2n) is 7.41. The molecule has 0 aliphatic carbocycles. The number of rotatable bonds is 3. The highest BCUT2D eigenvalue weighted by Crippen LogP contribution is 2.32. The molecule has 1 amide bonds. The van der Waals surface area contributed by atoms with Gasteiger partial charge in [-0.05, 0) is 25.5 Å². The predicted octanol–water partition coefficient (Wildman–Crippen LogP) is 2.12. The lowest BCUT2D eigenvalue weighted by Gasteiger charge is -2.24. The quantitative estimate of drug-likeness (QED) is 0.626. The van der Waals surface area contributed by atoms with Crippen LogP contribution in [0, 0.1) is 0 Å². The van der Waals surface area contributed by atoms with Crippen molar-refractivity contribution in [3.05, 3.63) is 96.7 Å². The molecule has 160 valence electrons. The fraction of sp³-hybridized carbons (Fsp3) is 0.167. The van der Waals surface area contributed by atoms with Gasteiger partial charge in [-0.15, -0.1) is 0 Å². The Balaban J connectivity index is 1.83. The molecule has 2 aromatic carbocycles. The smallest absolute Gasteiger partial charge is 0.338 e. The van der Waals surface area contributed by atoms with Crippen LogP contribution in [-0.4, -0.2) is 23.1 Å². The van der Waals surface area contributed by atoms with E-state index in [4.69, 9.17) is 4.74 Å². The van der Waals surface area contributed by atoms with Crippen molar-refractivity contribution in [2.45, 2.75) is 19.9 Å². The number of nitrogens with zero attached hydrogens (tertiary/aromatic N) is 2. The van der Waals surface area contributed by atoms with E-state index >= 15 is 0 Å². The molecule has 1 atom stereocenters. The first kappa shape index (κ1) is 20.1. The Morgan fingerprint density at radius 1 is 1.12 bits per heavy atom. The third-order valence-electron chi connectivity index (χ3n) is 5.51. The number of thiazole rings is 1. The summed E-state index contributed by atoms with van der Waals surface area (Å²) in [5.74, 6) is -0.835. The molecule has 3 heterocycles. The van der Waals surface area contributed by atoms with Crippen LogP contribution in [0.1, 0.15) is 31.0 Å². The number of carbonyl (C=O) groups is 2. The Morgan fingerprint density at radius 2 is 1.84 bits per heavy atom. The molecule has 1 N–H and O–H groups in total. The highest BCUT2D eigenvalue weighted by atomic mass is 32.1. The van der Waals surface area contributed by atoms with E-state index in [-0.39, 0.29) is 18.1 Å². The summed E-state index contributed by atoms with van der Waals surface area (Å²) in [6.45, 7) is 3.68. The standard InChI is InChI=1S/C24H19N3O4S/c1-3-31-23(30)17-13(2)25-24-27(19(17)14-9-5-4-6-10-14)22(29)20(32-24)18-15-11-7-8-12-16(15)26-21(18)28/h4-12,19H,3H2,1-2H3,(H,26,28)/b20-18+/t19-/m0/s1. The van der Waals surface area contributed by atoms with Crippen LogP contribution in [0.25, 0.3) is 5.57 Å². The number of nitrogens with one attached hydrogen (secondary N) is 1. The summed E-state index contributed by atoms with van der Waals surface area (Å²) < 4.78 is 7.08. The van der Waals surface area contributed by atoms with Crippen molar-refractivity contribution >= 4 is 34.5 Å². The van der Waals surface area contributed by atoms with Crippen LogP contribution < -0.4 is 20.2 Å². The van der Waals surface area contributed by atoms with Gasteiger partial charge in [0.25, 0.3) is 11.5 Å². The molecule has 0 fully saturated rings. The Kier molecular flexibility index (Phi) is 4.86. The van der Waals surface area contributed by atoms with Gasteiger partial charge in [0, 0.05) is 11.3 Å². The third-order valence-corrected chi connectivity index (χ3v) is 6.56. The maximum Gasteiger partial charge on any atom is 0.338 e. The molecule has 0 radical (unpaired) electrons. The molecular weight excluding hydrogens is 426 g/mol. The number of hydrogen-bond donors (Lipinski definition) is 1. The Bertz CT molecular complexity index is 1480. The van der Waals surface area contributed by atoms with Crippen molar-refractivity contribution in [1.82, 2.24) is 4.57 Å². The molecule has 0 saturated carbocycles. The largest absolute Gasteiger partial charge is 0.463 e. The zero-order chi connectivity index (χ0) is 22.4. The van der Waals surface area contributed by atoms with Crippen LogP contribution in [0.5, 0.6) is 0 Å². The molecule has 8 heteroatoms. The number of para-hydroxylation sites is 1. The highest BCUT2D eigenvalue weighted by Gasteiger charge is 2.34. The molecule has 5 rings (SSSR count). The molecule has 3 aromatic rings. The molecule has 2 aliphatic rings. The summed E-state index contributed by atoms with van der Waals surface area (Å²) in [4.78, 5) is 44.3. The predicted molar refractivity (Wildman–Crippen MR) is 121 cm³/mol. The van der Waals surface area contributed by atoms with E-state index in [2.05, 4.69) is 10.3 Å². The molecule has 1 aromatic heterocycles. The summed E-state index contributed by atoms with van der Waals surface area (Å²) in [5.41, 5.74) is 2.89. The third kappa shape index (κ3) is 3.03. The number of amides is 1. The maximum atomic E-state index is 13.7. The fourth-order valence-electron chi connectivity index (χ4n) is 4.14. The van der Waals surface area contributed by atoms with E-state index in [1.54, 1.807) is 19.9 Å². The SMILES string of the molecule is CCOC(=O)C1=C(C)N=c2s/c(=C3/C(=O)Nc4ccccc43)c(=O)n2[C@H]1c1ccccc1. The minimum absolute atomic E-state index is 0.211. The minimum atomic E-state index is -0.694. The topological polar surface area (TPSA) is 89.8 Å². The lowest BCUT2D eigenvalue weighted by atomic mass is 9.96. The number of fused-ring (bicyclic) bond motifs is 2. The van der Waals surface area contributed by atoms with Gasteiger partial charge < -0.3 is 10.1 Å². The summed E-state index contributed by atoms with van der Waals surface area (Å²) in [5, 5.41) is 2.82. The van der Waals surface area contributed by atoms with Gasteiger partial charge in [-0.2, -0.15) is 0 Å². The van der Waals surface area contributed by atoms with Crippen molar-refractivity contribution in [3.63, 3.8) is 0 Å². The molecule has 32 heavy (non-hydrogen) atoms. The first-order valence-electron chi connectivity index (χ1n) is 10.2. The van der Waals surface area contributed by atoms with Gasteiger partial charge in [-0.1, -0.05) is 59.9 Å². The summed E-state index contributed by atoms with van der Waals surface area (Å²) in [6, 6.07) is 15.9. The van der Waals surface area contributed by atoms with Gasteiger partial charge in [-0.25, -0.2) is 9.79 Å². The molecular formula is C24H19N3O4S. The average molecular weight is 446 g/mol. The van der Waals surface area contributed by atoms with Crippen molar-refractivity contribution < 1.29 is 14.3 Å². The van der Waals surface area contributed by atoms with Crippen LogP contribution in [0.3, 0.4) is 0 Å². The van der Waals surface area contributed by atoms with Gasteiger partial charge in [0.2, 0.25) is 0 Å². The Hall–Kier alpha value is -3.78. The number of allylic oxidation sites excluding steroid dienone is 1. The first-order valence-corrected chi connectivity index (χ1v) is 11.0. The van der Waals surface area contributed by atoms with Gasteiger partial charge in [-0.3, -0.25) is 14.2 Å². The number of anilines is 1. The van der Waals surface area contributed by atoms with Crippen molar-refractivity contribution in [1.29, 1.82) is 0 Å². The highest BCUT2D eigenvalue weighted by molar-refractivity contribution is 7.07. The van der Waals surface area contributed by atoms with E-state index in [9.17, 15) is 14.4 Å². The minimum Gasteiger partial charge on any atom is -0.463 e. The summed E-state index contributed by atoms with van der Waals surface area (Å²) >= 11 is 1.16. The number of hydrogen-bond acceptors (Lipinski definition) is 6. The molecule has 0 saturated heterocycles. The first-order chi connectivity index (χ1) is 15.5. The molecule has 2 aliphatic heterocycles. The second-order valence-corrected chi connectivity index (χ2v) is 8.39. The number of benzene rings is 2. The monoisotopic (exact) mass is 445 g/mol. The number of ether oxygens (including phenoxy) is 1. The maximum absolute atomic E-state index is 13.7. The summed E-state index contributed by atoms with van der Waals surface area (Å²) in [6.07, 6.45) is 0. The normalized spacial score (nSPS) is 18.6. The second kappa shape index (κ2) is 7.72. The van der Waals surface area contributed by atoms with Crippen molar-refractivity contribution in [2.24, 2.45) is 4.99 Å². The lowest BCUT2D eigenvalue weighted by molar-refractivity contribution is -0.139. The van der Waals surface area contributed by atoms with E-state index in [0.29, 0.717) is 37.4 Å².